The number of hydrogen-bond donors (Lipinski definition) is 3. The highest BCUT2D eigenvalue weighted by Crippen LogP contribution is 2.70. The van der Waals surface area contributed by atoms with Gasteiger partial charge in [-0.3, -0.25) is 4.79 Å². The van der Waals surface area contributed by atoms with Crippen LogP contribution in [-0.2, 0) is 26.5 Å². The summed E-state index contributed by atoms with van der Waals surface area (Å²) in [6, 6.07) is 0. The number of aromatic nitrogens is 1. The fraction of sp³-hybridized carbons (Fsp3) is 0.815. The molecule has 7 fully saturated rings. The molecule has 0 saturated heterocycles. The topological polar surface area (TPSA) is 122 Å². The number of hydrogen-bond acceptors (Lipinski definition) is 8. The highest BCUT2D eigenvalue weighted by molar-refractivity contribution is 6.74. The summed E-state index contributed by atoms with van der Waals surface area (Å²) in [4.78, 5) is 13.4. The molecule has 9 unspecified atom stereocenters. The van der Waals surface area contributed by atoms with Gasteiger partial charge in [0.1, 0.15) is 6.26 Å². The molecule has 1 heterocycles. The summed E-state index contributed by atoms with van der Waals surface area (Å²) in [7, 11) is -4.35. The van der Waals surface area contributed by atoms with E-state index in [-0.39, 0.29) is 67.5 Å². The molecule has 1 aromatic rings. The van der Waals surface area contributed by atoms with E-state index >= 15 is 0 Å². The average Bonchev–Trinajstić information content (AvgIpc) is 3.87. The number of allylic oxidation sites excluding steroid dienone is 3. The summed E-state index contributed by atoms with van der Waals surface area (Å²) >= 11 is 0. The Morgan fingerprint density at radius 1 is 0.703 bits per heavy atom. The zero-order chi connectivity index (χ0) is 47.1. The molecule has 8 aliphatic rings. The van der Waals surface area contributed by atoms with Gasteiger partial charge in [0.25, 0.3) is 0 Å². The number of aliphatic hydroxyl groups is 3. The van der Waals surface area contributed by atoms with Gasteiger partial charge in [0.15, 0.2) is 22.4 Å². The van der Waals surface area contributed by atoms with Crippen LogP contribution in [0.1, 0.15) is 145 Å². The summed E-state index contributed by atoms with van der Waals surface area (Å²) < 4.78 is 20.3. The molecular weight excluding hydrogens is 831 g/mol. The van der Waals surface area contributed by atoms with Crippen LogP contribution >= 0.6 is 0 Å². The fourth-order valence-electron chi connectivity index (χ4n) is 15.6. The molecule has 0 aromatic carbocycles. The molecule has 16 atom stereocenters. The van der Waals surface area contributed by atoms with Gasteiger partial charge in [-0.15, -0.1) is 0 Å². The van der Waals surface area contributed by atoms with E-state index in [1.54, 1.807) is 6.26 Å². The van der Waals surface area contributed by atoms with Crippen molar-refractivity contribution in [3.63, 3.8) is 0 Å². The minimum Gasteiger partial charge on any atom is -0.515 e. The van der Waals surface area contributed by atoms with Gasteiger partial charge < -0.3 is 28.7 Å². The zero-order valence-electron chi connectivity index (χ0n) is 42.4. The van der Waals surface area contributed by atoms with Gasteiger partial charge in [0.05, 0.1) is 36.4 Å². The molecule has 0 aliphatic heterocycles. The molecule has 0 bridgehead atoms. The molecule has 3 N–H and O–H groups in total. The van der Waals surface area contributed by atoms with E-state index in [9.17, 15) is 20.1 Å². The lowest BCUT2D eigenvalue weighted by atomic mass is 9.43. The summed E-state index contributed by atoms with van der Waals surface area (Å²) in [6.45, 7) is 41.9. The number of aliphatic hydroxyl groups excluding tert-OH is 3. The highest BCUT2D eigenvalue weighted by Gasteiger charge is 2.68. The normalized spacial score (nSPS) is 45.0. The molecule has 1 aromatic heterocycles. The second kappa shape index (κ2) is 15.9. The van der Waals surface area contributed by atoms with Crippen molar-refractivity contribution in [2.75, 3.05) is 0 Å². The van der Waals surface area contributed by atoms with Crippen molar-refractivity contribution in [1.82, 2.24) is 5.16 Å². The van der Waals surface area contributed by atoms with Gasteiger partial charge in [-0.25, -0.2) is 0 Å². The van der Waals surface area contributed by atoms with Crippen LogP contribution in [0.25, 0.3) is 0 Å². The van der Waals surface area contributed by atoms with Crippen molar-refractivity contribution in [2.45, 2.75) is 207 Å². The van der Waals surface area contributed by atoms with Crippen molar-refractivity contribution in [2.24, 2.45) is 69.0 Å². The van der Waals surface area contributed by atoms with Crippen molar-refractivity contribution in [3.8, 4) is 0 Å². The fourth-order valence-corrected chi connectivity index (χ4v) is 18.3. The van der Waals surface area contributed by atoms with Crippen LogP contribution in [0.15, 0.2) is 46.9 Å². The highest BCUT2D eigenvalue weighted by atomic mass is 28.4. The smallest absolute Gasteiger partial charge is 0.192 e. The summed E-state index contributed by atoms with van der Waals surface area (Å²) in [6.07, 6.45) is 13.2. The van der Waals surface area contributed by atoms with Crippen LogP contribution in [0.5, 0.6) is 0 Å². The van der Waals surface area contributed by atoms with Crippen LogP contribution < -0.4 is 0 Å². The Balaban J connectivity index is 0.000000191. The Kier molecular flexibility index (Phi) is 12.1. The maximum absolute atomic E-state index is 13.4. The van der Waals surface area contributed by atoms with Crippen LogP contribution in [0.4, 0.5) is 0 Å². The Morgan fingerprint density at radius 3 is 1.73 bits per heavy atom. The van der Waals surface area contributed by atoms with E-state index in [1.807, 2.05) is 0 Å². The number of Topliss-reactive ketones (excluding diaryl/α,β-unsaturated/α-hetero) is 1. The maximum Gasteiger partial charge on any atom is 0.192 e. The first-order valence-electron chi connectivity index (χ1n) is 25.3. The van der Waals surface area contributed by atoms with E-state index in [0.29, 0.717) is 48.0 Å². The number of carbonyl (C=O) groups excluding carboxylic acids is 1. The van der Waals surface area contributed by atoms with Crippen LogP contribution in [-0.4, -0.2) is 67.3 Å². The number of nitrogens with zero attached hydrogens (tertiary/aromatic N) is 1. The molecule has 10 heteroatoms. The Labute approximate surface area is 389 Å². The van der Waals surface area contributed by atoms with Gasteiger partial charge in [0.2, 0.25) is 0 Å². The first-order chi connectivity index (χ1) is 29.5. The molecule has 358 valence electrons. The number of rotatable bonds is 4. The minimum atomic E-state index is -2.19. The van der Waals surface area contributed by atoms with Gasteiger partial charge in [-0.05, 0) is 176 Å². The molecule has 64 heavy (non-hydrogen) atoms. The lowest BCUT2D eigenvalue weighted by Crippen LogP contribution is -2.68. The molecular formula is C54H87NO7Si2. The van der Waals surface area contributed by atoms with Gasteiger partial charge in [0, 0.05) is 17.6 Å². The van der Waals surface area contributed by atoms with Crippen molar-refractivity contribution in [3.05, 3.63) is 53.7 Å². The zero-order valence-corrected chi connectivity index (χ0v) is 44.4. The Hall–Kier alpha value is -1.83. The third kappa shape index (κ3) is 7.28. The summed E-state index contributed by atoms with van der Waals surface area (Å²) in [5.41, 5.74) is 5.73. The Bertz CT molecular complexity index is 2040. The number of carbonyl (C=O) groups is 1. The van der Waals surface area contributed by atoms with Crippen LogP contribution in [0.2, 0.25) is 36.3 Å². The maximum atomic E-state index is 13.4. The van der Waals surface area contributed by atoms with E-state index in [0.717, 1.165) is 63.3 Å². The monoisotopic (exact) mass is 918 g/mol. The van der Waals surface area contributed by atoms with E-state index in [1.165, 1.54) is 29.6 Å². The quantitative estimate of drug-likeness (QED) is 0.118. The molecule has 0 spiro atoms. The summed E-state index contributed by atoms with van der Waals surface area (Å²) in [5.74, 6) is 2.63. The molecule has 8 nitrogen and oxygen atoms in total. The van der Waals surface area contributed by atoms with E-state index < -0.39 is 28.8 Å². The molecule has 9 rings (SSSR count). The van der Waals surface area contributed by atoms with Gasteiger partial charge in [-0.1, -0.05) is 98.7 Å². The predicted molar refractivity (Wildman–Crippen MR) is 261 cm³/mol. The average molecular weight is 918 g/mol. The SMILES string of the molecule is C=C1CCC2C3C(CC[C@]12C)[C@@]1(C)Cc2conc2CC1[C@@H](O)[C@@H]3O.C=C1CCC2C3C(O[Si](C)(C)C(C)(C)C)[C@H](O[Si](C)(C)C(C)(C)C)C4CC(=O)/C(=C/O)C[C@]4(C)C3CC[C@]12C. The lowest BCUT2D eigenvalue weighted by Gasteiger charge is -2.66. The van der Waals surface area contributed by atoms with E-state index in [2.05, 4.69) is 114 Å². The third-order valence-electron chi connectivity index (χ3n) is 21.9. The standard InChI is InChI=1S/C33H58O4Si2.C21H29NO3/c1-21-14-15-23-27-24(16-17-32(21,23)8)33(9)19-22(20-34)26(35)18-25(33)28(36-38(10,11)30(2,3)4)29(27)37-39(12,13)31(5,6)7;1-11-4-5-13-17-14(6-7-20(11,13)2)21(3)9-12-10-25-22-16(12)8-15(21)18(23)19(17)24/h20,23-25,27-29,34H,1,14-19H2,2-13H3;10,13-15,17-19,23-24H,1,4-9H2,2-3H3/b22-20+;/t23?,24?,25?,27?,28-,29?,32-,33-;13?,14?,15?,17?,18-,19-,20-,21-/m11/s1. The second-order valence-corrected chi connectivity index (χ2v) is 36.3. The van der Waals surface area contributed by atoms with Gasteiger partial charge in [-0.2, -0.15) is 0 Å². The molecule has 0 radical (unpaired) electrons. The molecule has 8 aliphatic carbocycles. The van der Waals surface area contributed by atoms with Crippen LogP contribution in [0.3, 0.4) is 0 Å². The second-order valence-electron chi connectivity index (χ2n) is 26.8. The number of fused-ring (bicyclic) bond motifs is 11. The Morgan fingerprint density at radius 2 is 1.20 bits per heavy atom. The van der Waals surface area contributed by atoms with Crippen molar-refractivity contribution in [1.29, 1.82) is 0 Å². The number of ketones is 1. The van der Waals surface area contributed by atoms with Crippen LogP contribution in [0, 0.1) is 69.0 Å². The van der Waals surface area contributed by atoms with Crippen molar-refractivity contribution < 1.29 is 33.5 Å². The van der Waals surface area contributed by atoms with E-state index in [4.69, 9.17) is 13.4 Å². The van der Waals surface area contributed by atoms with Crippen molar-refractivity contribution >= 4 is 22.4 Å². The molecule has 0 amide bonds. The van der Waals surface area contributed by atoms with Gasteiger partial charge >= 0.3 is 0 Å². The first-order valence-corrected chi connectivity index (χ1v) is 31.2. The first kappa shape index (κ1) is 48.6. The molecule has 7 saturated carbocycles. The largest absolute Gasteiger partial charge is 0.515 e. The third-order valence-corrected chi connectivity index (χ3v) is 30.8. The summed E-state index contributed by atoms with van der Waals surface area (Å²) in [5, 5.41) is 36.6. The lowest BCUT2D eigenvalue weighted by molar-refractivity contribution is -0.201. The minimum absolute atomic E-state index is 0.00706. The predicted octanol–water partition coefficient (Wildman–Crippen LogP) is 12.3.